The van der Waals surface area contributed by atoms with Crippen molar-refractivity contribution in [1.82, 2.24) is 19.6 Å². The number of hydrogen-bond acceptors (Lipinski definition) is 4. The van der Waals surface area contributed by atoms with Crippen LogP contribution < -0.4 is 4.74 Å². The molecule has 2 heterocycles. The van der Waals surface area contributed by atoms with E-state index in [2.05, 4.69) is 27.3 Å². The second-order valence-corrected chi connectivity index (χ2v) is 5.18. The molecule has 0 unspecified atom stereocenters. The predicted molar refractivity (Wildman–Crippen MR) is 87.0 cm³/mol. The lowest BCUT2D eigenvalue weighted by molar-refractivity contribution is 0.306. The number of rotatable bonds is 4. The van der Waals surface area contributed by atoms with Crippen LogP contribution in [-0.2, 0) is 6.61 Å². The van der Waals surface area contributed by atoms with E-state index in [0.29, 0.717) is 12.4 Å². The summed E-state index contributed by atoms with van der Waals surface area (Å²) in [5.74, 6) is 1.44. The Morgan fingerprint density at radius 2 is 1.74 bits per heavy atom. The van der Waals surface area contributed by atoms with Crippen molar-refractivity contribution in [2.45, 2.75) is 6.61 Å². The van der Waals surface area contributed by atoms with Crippen molar-refractivity contribution >= 4 is 5.78 Å². The fourth-order valence-corrected chi connectivity index (χ4v) is 2.36. The van der Waals surface area contributed by atoms with Crippen LogP contribution in [0.15, 0.2) is 73.3 Å². The van der Waals surface area contributed by atoms with Crippen molar-refractivity contribution in [2.75, 3.05) is 0 Å². The highest BCUT2D eigenvalue weighted by Gasteiger charge is 2.03. The molecule has 0 saturated carbocycles. The second kappa shape index (κ2) is 5.88. The molecule has 0 radical (unpaired) electrons. The summed E-state index contributed by atoms with van der Waals surface area (Å²) in [6.45, 7) is 0.564. The molecule has 4 aromatic rings. The summed E-state index contributed by atoms with van der Waals surface area (Å²) >= 11 is 0. The van der Waals surface area contributed by atoms with Crippen LogP contribution in [0.2, 0.25) is 0 Å². The lowest BCUT2D eigenvalue weighted by Gasteiger charge is -2.07. The molecule has 2 aromatic heterocycles. The van der Waals surface area contributed by atoms with E-state index >= 15 is 0 Å². The van der Waals surface area contributed by atoms with E-state index in [0.717, 1.165) is 22.4 Å². The Hall–Kier alpha value is -3.21. The highest BCUT2D eigenvalue weighted by atomic mass is 16.5. The SMILES string of the molecule is c1ccc(COc2ccc(-c3cnc4nncn4c3)cc2)cc1. The van der Waals surface area contributed by atoms with Gasteiger partial charge in [0.2, 0.25) is 0 Å². The van der Waals surface area contributed by atoms with E-state index in [1.54, 1.807) is 16.9 Å². The van der Waals surface area contributed by atoms with Gasteiger partial charge >= 0.3 is 0 Å². The van der Waals surface area contributed by atoms with Gasteiger partial charge in [0.15, 0.2) is 0 Å². The summed E-state index contributed by atoms with van der Waals surface area (Å²) in [7, 11) is 0. The first-order chi connectivity index (χ1) is 11.4. The minimum Gasteiger partial charge on any atom is -0.489 e. The van der Waals surface area contributed by atoms with E-state index in [9.17, 15) is 0 Å². The van der Waals surface area contributed by atoms with Crippen LogP contribution in [-0.4, -0.2) is 19.6 Å². The minimum atomic E-state index is 0.564. The standard InChI is InChI=1S/C18H14N4O/c1-2-4-14(5-3-1)12-23-17-8-6-15(7-9-17)16-10-19-18-21-20-13-22(18)11-16/h1-11,13H,12H2. The lowest BCUT2D eigenvalue weighted by atomic mass is 10.1. The molecule has 0 aliphatic heterocycles. The fourth-order valence-electron chi connectivity index (χ4n) is 2.36. The first kappa shape index (κ1) is 13.5. The van der Waals surface area contributed by atoms with Crippen LogP contribution in [0, 0.1) is 0 Å². The average molecular weight is 302 g/mol. The third-order valence-electron chi connectivity index (χ3n) is 3.59. The normalized spacial score (nSPS) is 10.8. The van der Waals surface area contributed by atoms with Crippen LogP contribution >= 0.6 is 0 Å². The van der Waals surface area contributed by atoms with E-state index in [4.69, 9.17) is 4.74 Å². The molecule has 23 heavy (non-hydrogen) atoms. The molecule has 112 valence electrons. The summed E-state index contributed by atoms with van der Waals surface area (Å²) < 4.78 is 7.60. The van der Waals surface area contributed by atoms with Crippen molar-refractivity contribution in [1.29, 1.82) is 0 Å². The number of aromatic nitrogens is 4. The topological polar surface area (TPSA) is 52.3 Å². The number of benzene rings is 2. The van der Waals surface area contributed by atoms with Crippen molar-refractivity contribution in [3.63, 3.8) is 0 Å². The number of fused-ring (bicyclic) bond motifs is 1. The molecule has 0 spiro atoms. The molecule has 0 saturated heterocycles. The second-order valence-electron chi connectivity index (χ2n) is 5.18. The Morgan fingerprint density at radius 1 is 0.913 bits per heavy atom. The highest BCUT2D eigenvalue weighted by molar-refractivity contribution is 5.63. The Kier molecular flexibility index (Phi) is 3.44. The van der Waals surface area contributed by atoms with Crippen molar-refractivity contribution in [3.05, 3.63) is 78.9 Å². The van der Waals surface area contributed by atoms with E-state index in [1.165, 1.54) is 0 Å². The van der Waals surface area contributed by atoms with Crippen molar-refractivity contribution < 1.29 is 4.74 Å². The van der Waals surface area contributed by atoms with Gasteiger partial charge in [-0.3, -0.25) is 4.40 Å². The Morgan fingerprint density at radius 3 is 2.57 bits per heavy atom. The molecular weight excluding hydrogens is 288 g/mol. The fraction of sp³-hybridized carbons (Fsp3) is 0.0556. The van der Waals surface area contributed by atoms with Crippen LogP contribution in [0.4, 0.5) is 0 Å². The van der Waals surface area contributed by atoms with E-state index in [1.807, 2.05) is 48.7 Å². The van der Waals surface area contributed by atoms with Gasteiger partial charge in [0.1, 0.15) is 18.7 Å². The maximum absolute atomic E-state index is 5.80. The molecule has 5 heteroatoms. The van der Waals surface area contributed by atoms with Crippen LogP contribution in [0.3, 0.4) is 0 Å². The van der Waals surface area contributed by atoms with Gasteiger partial charge < -0.3 is 4.74 Å². The monoisotopic (exact) mass is 302 g/mol. The van der Waals surface area contributed by atoms with Gasteiger partial charge in [-0.2, -0.15) is 0 Å². The zero-order chi connectivity index (χ0) is 15.5. The van der Waals surface area contributed by atoms with Crippen LogP contribution in [0.1, 0.15) is 5.56 Å². The lowest BCUT2D eigenvalue weighted by Crippen LogP contribution is -1.95. The quantitative estimate of drug-likeness (QED) is 0.580. The van der Waals surface area contributed by atoms with Gasteiger partial charge in [-0.15, -0.1) is 10.2 Å². The van der Waals surface area contributed by atoms with Gasteiger partial charge in [0.05, 0.1) is 0 Å². The zero-order valence-electron chi connectivity index (χ0n) is 12.3. The molecule has 0 amide bonds. The summed E-state index contributed by atoms with van der Waals surface area (Å²) in [5, 5.41) is 7.74. The molecule has 4 rings (SSSR count). The zero-order valence-corrected chi connectivity index (χ0v) is 12.3. The Balaban J connectivity index is 1.51. The third kappa shape index (κ3) is 2.89. The highest BCUT2D eigenvalue weighted by Crippen LogP contribution is 2.22. The minimum absolute atomic E-state index is 0.564. The predicted octanol–water partition coefficient (Wildman–Crippen LogP) is 3.37. The van der Waals surface area contributed by atoms with Gasteiger partial charge in [-0.05, 0) is 23.3 Å². The molecule has 5 nitrogen and oxygen atoms in total. The number of hydrogen-bond donors (Lipinski definition) is 0. The molecule has 0 N–H and O–H groups in total. The molecule has 0 atom stereocenters. The number of ether oxygens (including phenoxy) is 1. The number of nitrogens with zero attached hydrogens (tertiary/aromatic N) is 4. The van der Waals surface area contributed by atoms with Gasteiger partial charge in [-0.25, -0.2) is 4.98 Å². The maximum atomic E-state index is 5.80. The first-order valence-corrected chi connectivity index (χ1v) is 7.31. The summed E-state index contributed by atoms with van der Waals surface area (Å²) in [6.07, 6.45) is 5.40. The van der Waals surface area contributed by atoms with Crippen molar-refractivity contribution in [3.8, 4) is 16.9 Å². The van der Waals surface area contributed by atoms with Crippen LogP contribution in [0.5, 0.6) is 5.75 Å². The summed E-state index contributed by atoms with van der Waals surface area (Å²) in [4.78, 5) is 4.27. The van der Waals surface area contributed by atoms with E-state index in [-0.39, 0.29) is 0 Å². The molecule has 0 aliphatic rings. The van der Waals surface area contributed by atoms with Crippen LogP contribution in [0.25, 0.3) is 16.9 Å². The average Bonchev–Trinajstić information content (AvgIpc) is 3.09. The molecule has 0 fully saturated rings. The maximum Gasteiger partial charge on any atom is 0.254 e. The van der Waals surface area contributed by atoms with E-state index < -0.39 is 0 Å². The van der Waals surface area contributed by atoms with Gasteiger partial charge in [0.25, 0.3) is 5.78 Å². The molecule has 0 aliphatic carbocycles. The van der Waals surface area contributed by atoms with Crippen molar-refractivity contribution in [2.24, 2.45) is 0 Å². The smallest absolute Gasteiger partial charge is 0.254 e. The first-order valence-electron chi connectivity index (χ1n) is 7.31. The summed E-state index contributed by atoms with van der Waals surface area (Å²) in [5.41, 5.74) is 3.23. The largest absolute Gasteiger partial charge is 0.489 e. The third-order valence-corrected chi connectivity index (χ3v) is 3.59. The molecule has 0 bridgehead atoms. The Bertz CT molecular complexity index is 917. The Labute approximate surface area is 133 Å². The summed E-state index contributed by atoms with van der Waals surface area (Å²) in [6, 6.07) is 18.1. The molecule has 2 aromatic carbocycles. The molecular formula is C18H14N4O. The van der Waals surface area contributed by atoms with Gasteiger partial charge in [0, 0.05) is 18.0 Å². The van der Waals surface area contributed by atoms with Gasteiger partial charge in [-0.1, -0.05) is 42.5 Å².